The highest BCUT2D eigenvalue weighted by molar-refractivity contribution is 5.74. The van der Waals surface area contributed by atoms with Crippen LogP contribution < -0.4 is 0 Å². The molecule has 0 heterocycles. The van der Waals surface area contributed by atoms with Crippen molar-refractivity contribution in [3.05, 3.63) is 40.2 Å². The second-order valence-electron chi connectivity index (χ2n) is 5.18. The predicted octanol–water partition coefficient (Wildman–Crippen LogP) is 6.53. The van der Waals surface area contributed by atoms with Crippen molar-refractivity contribution in [3.63, 3.8) is 0 Å². The first kappa shape index (κ1) is 17.7. The molecule has 0 fully saturated rings. The van der Waals surface area contributed by atoms with E-state index in [0.717, 1.165) is 18.4 Å². The third-order valence-corrected chi connectivity index (χ3v) is 3.67. The molecule has 0 saturated carbocycles. The molecule has 0 aromatic heterocycles. The largest absolute Gasteiger partial charge is 0.417 e. The second-order valence-corrected chi connectivity index (χ2v) is 5.18. The van der Waals surface area contributed by atoms with Gasteiger partial charge in [0.2, 0.25) is 0 Å². The zero-order valence-corrected chi connectivity index (χ0v) is 13.0. The molecule has 0 atom stereocenters. The topological polar surface area (TPSA) is 0 Å². The molecular weight excluding hydrogens is 280 g/mol. The molecule has 1 aromatic carbocycles. The van der Waals surface area contributed by atoms with E-state index in [1.807, 2.05) is 20.8 Å². The van der Waals surface area contributed by atoms with Gasteiger partial charge in [-0.3, -0.25) is 0 Å². The Balaban J connectivity index is 3.67. The molecule has 0 radical (unpaired) electrons. The molecule has 4 heteroatoms. The van der Waals surface area contributed by atoms with Crippen LogP contribution in [0.2, 0.25) is 0 Å². The number of rotatable bonds is 5. The van der Waals surface area contributed by atoms with Gasteiger partial charge in [-0.15, -0.1) is 0 Å². The van der Waals surface area contributed by atoms with Gasteiger partial charge in [-0.25, -0.2) is 4.39 Å². The molecule has 0 N–H and O–H groups in total. The lowest BCUT2D eigenvalue weighted by molar-refractivity contribution is -0.138. The Morgan fingerprint density at radius 3 is 2.10 bits per heavy atom. The third-order valence-electron chi connectivity index (χ3n) is 3.67. The summed E-state index contributed by atoms with van der Waals surface area (Å²) in [4.78, 5) is 0. The van der Waals surface area contributed by atoms with Gasteiger partial charge >= 0.3 is 6.18 Å². The molecule has 118 valence electrons. The van der Waals surface area contributed by atoms with E-state index in [2.05, 4.69) is 0 Å². The molecule has 0 spiro atoms. The Morgan fingerprint density at radius 2 is 1.67 bits per heavy atom. The van der Waals surface area contributed by atoms with E-state index in [9.17, 15) is 17.6 Å². The Hall–Kier alpha value is -1.32. The summed E-state index contributed by atoms with van der Waals surface area (Å²) in [6.07, 6.45) is -1.67. The van der Waals surface area contributed by atoms with Crippen LogP contribution in [-0.4, -0.2) is 0 Å². The number of hydrogen-bond acceptors (Lipinski definition) is 0. The number of aryl methyl sites for hydroxylation is 1. The Bertz CT molecular complexity index is 524. The van der Waals surface area contributed by atoms with E-state index in [-0.39, 0.29) is 5.56 Å². The Kier molecular flexibility index (Phi) is 5.99. The van der Waals surface area contributed by atoms with Gasteiger partial charge in [-0.05, 0) is 55.0 Å². The summed E-state index contributed by atoms with van der Waals surface area (Å²) in [6, 6.07) is 1.79. The van der Waals surface area contributed by atoms with Crippen LogP contribution in [-0.2, 0) is 6.18 Å². The quantitative estimate of drug-likeness (QED) is 0.543. The second kappa shape index (κ2) is 7.10. The molecular formula is C17H22F4. The molecule has 0 unspecified atom stereocenters. The van der Waals surface area contributed by atoms with Gasteiger partial charge in [0.05, 0.1) is 5.56 Å². The highest BCUT2D eigenvalue weighted by Gasteiger charge is 2.35. The van der Waals surface area contributed by atoms with Gasteiger partial charge in [-0.2, -0.15) is 13.2 Å². The van der Waals surface area contributed by atoms with Crippen LogP contribution in [0, 0.1) is 12.7 Å². The summed E-state index contributed by atoms with van der Waals surface area (Å²) in [5, 5.41) is 0. The van der Waals surface area contributed by atoms with Crippen LogP contribution in [0.5, 0.6) is 0 Å². The zero-order chi connectivity index (χ0) is 16.2. The Morgan fingerprint density at radius 1 is 1.05 bits per heavy atom. The maximum atomic E-state index is 13.4. The van der Waals surface area contributed by atoms with Crippen LogP contribution in [0.4, 0.5) is 17.6 Å². The molecule has 0 saturated heterocycles. The molecule has 0 aliphatic carbocycles. The molecule has 0 nitrogen and oxygen atoms in total. The van der Waals surface area contributed by atoms with Crippen molar-refractivity contribution in [2.24, 2.45) is 0 Å². The van der Waals surface area contributed by atoms with E-state index in [1.54, 1.807) is 6.92 Å². The lowest BCUT2D eigenvalue weighted by Crippen LogP contribution is -2.12. The fourth-order valence-electron chi connectivity index (χ4n) is 2.81. The van der Waals surface area contributed by atoms with Gasteiger partial charge < -0.3 is 0 Å². The summed E-state index contributed by atoms with van der Waals surface area (Å²) < 4.78 is 53.2. The van der Waals surface area contributed by atoms with Crippen molar-refractivity contribution in [1.29, 1.82) is 0 Å². The van der Waals surface area contributed by atoms with Crippen molar-refractivity contribution in [2.75, 3.05) is 0 Å². The fraction of sp³-hybridized carbons (Fsp3) is 0.529. The summed E-state index contributed by atoms with van der Waals surface area (Å²) >= 11 is 0. The SMILES string of the molecule is CCC/C(CC)=C(\CC)c1c(C)cc(F)cc1C(F)(F)F. The van der Waals surface area contributed by atoms with E-state index in [1.165, 1.54) is 6.07 Å². The van der Waals surface area contributed by atoms with Crippen molar-refractivity contribution in [1.82, 2.24) is 0 Å². The Labute approximate surface area is 123 Å². The van der Waals surface area contributed by atoms with Crippen LogP contribution >= 0.6 is 0 Å². The average Bonchev–Trinajstić information content (AvgIpc) is 2.38. The van der Waals surface area contributed by atoms with Crippen LogP contribution in [0.3, 0.4) is 0 Å². The van der Waals surface area contributed by atoms with Gasteiger partial charge in [0.25, 0.3) is 0 Å². The van der Waals surface area contributed by atoms with Gasteiger partial charge in [0, 0.05) is 0 Å². The van der Waals surface area contributed by atoms with Crippen LogP contribution in [0.1, 0.15) is 63.1 Å². The monoisotopic (exact) mass is 302 g/mol. The summed E-state index contributed by atoms with van der Waals surface area (Å²) in [7, 11) is 0. The van der Waals surface area contributed by atoms with Gasteiger partial charge in [-0.1, -0.05) is 32.8 Å². The third kappa shape index (κ3) is 4.08. The van der Waals surface area contributed by atoms with Crippen molar-refractivity contribution in [3.8, 4) is 0 Å². The van der Waals surface area contributed by atoms with E-state index >= 15 is 0 Å². The van der Waals surface area contributed by atoms with Crippen molar-refractivity contribution in [2.45, 2.75) is 59.6 Å². The summed E-state index contributed by atoms with van der Waals surface area (Å²) in [6.45, 7) is 7.35. The highest BCUT2D eigenvalue weighted by atomic mass is 19.4. The standard InChI is InChI=1S/C17H22F4/c1-5-8-12(6-2)14(7-3)16-11(4)9-13(18)10-15(16)17(19,20)21/h9-10H,5-8H2,1-4H3/b14-12+. The molecule has 21 heavy (non-hydrogen) atoms. The van der Waals surface area contributed by atoms with Crippen molar-refractivity contribution < 1.29 is 17.6 Å². The minimum atomic E-state index is -4.55. The van der Waals surface area contributed by atoms with E-state index in [4.69, 9.17) is 0 Å². The zero-order valence-electron chi connectivity index (χ0n) is 13.0. The highest BCUT2D eigenvalue weighted by Crippen LogP contribution is 2.40. The van der Waals surface area contributed by atoms with E-state index in [0.29, 0.717) is 30.0 Å². The average molecular weight is 302 g/mol. The maximum absolute atomic E-state index is 13.4. The number of allylic oxidation sites excluding steroid dienone is 2. The lowest BCUT2D eigenvalue weighted by atomic mass is 9.87. The van der Waals surface area contributed by atoms with Crippen LogP contribution in [0.25, 0.3) is 5.57 Å². The molecule has 1 aromatic rings. The molecule has 1 rings (SSSR count). The summed E-state index contributed by atoms with van der Waals surface area (Å²) in [5.74, 6) is -0.840. The first-order valence-electron chi connectivity index (χ1n) is 7.34. The fourth-order valence-corrected chi connectivity index (χ4v) is 2.81. The summed E-state index contributed by atoms with van der Waals surface area (Å²) in [5.41, 5.74) is 1.39. The van der Waals surface area contributed by atoms with Crippen molar-refractivity contribution >= 4 is 5.57 Å². The minimum Gasteiger partial charge on any atom is -0.207 e. The lowest BCUT2D eigenvalue weighted by Gasteiger charge is -2.20. The van der Waals surface area contributed by atoms with Gasteiger partial charge in [0.15, 0.2) is 0 Å². The minimum absolute atomic E-state index is 0.164. The van der Waals surface area contributed by atoms with Gasteiger partial charge in [0.1, 0.15) is 5.82 Å². The molecule has 0 aliphatic heterocycles. The van der Waals surface area contributed by atoms with Crippen LogP contribution in [0.15, 0.2) is 17.7 Å². The number of halogens is 4. The van der Waals surface area contributed by atoms with E-state index < -0.39 is 17.6 Å². The number of alkyl halides is 3. The first-order valence-corrected chi connectivity index (χ1v) is 7.34. The molecule has 0 amide bonds. The number of hydrogen-bond donors (Lipinski definition) is 0. The number of benzene rings is 1. The molecule has 0 aliphatic rings. The smallest absolute Gasteiger partial charge is 0.207 e. The normalized spacial score (nSPS) is 13.3. The molecule has 0 bridgehead atoms. The first-order chi connectivity index (χ1) is 9.76. The maximum Gasteiger partial charge on any atom is 0.417 e. The predicted molar refractivity (Wildman–Crippen MR) is 78.5 cm³/mol.